The van der Waals surface area contributed by atoms with Crippen molar-refractivity contribution < 1.29 is 30.6 Å². The summed E-state index contributed by atoms with van der Waals surface area (Å²) in [5.41, 5.74) is -0.497. The largest absolute Gasteiger partial charge is 0.382 e. The molecule has 0 N–H and O–H groups in total. The van der Waals surface area contributed by atoms with Crippen LogP contribution in [0.15, 0.2) is 28.7 Å². The third-order valence-electron chi connectivity index (χ3n) is 2.60. The average Bonchev–Trinajstić information content (AvgIpc) is 2.75. The Labute approximate surface area is 115 Å². The molecule has 2 rings (SSSR count). The van der Waals surface area contributed by atoms with E-state index in [4.69, 9.17) is 9.05 Å². The second kappa shape index (κ2) is 5.34. The van der Waals surface area contributed by atoms with Crippen LogP contribution in [0.4, 0.5) is 4.39 Å². The molecule has 0 saturated carbocycles. The highest BCUT2D eigenvalue weighted by atomic mass is 32.2. The standard InChI is InChI=1S/C10H11FNO6PS/c1-16-19(13,17-2)10-9(12-20(14,15)18-10)7-5-3-4-6-8(7)11/h3-6,10H,1-2H3. The van der Waals surface area contributed by atoms with Gasteiger partial charge in [-0.25, -0.2) is 8.57 Å². The highest BCUT2D eigenvalue weighted by Crippen LogP contribution is 2.55. The van der Waals surface area contributed by atoms with Crippen molar-refractivity contribution in [1.82, 2.24) is 0 Å². The maximum atomic E-state index is 13.8. The first-order valence-corrected chi connectivity index (χ1v) is 8.30. The maximum absolute atomic E-state index is 13.8. The zero-order valence-corrected chi connectivity index (χ0v) is 12.2. The fourth-order valence-electron chi connectivity index (χ4n) is 1.67. The van der Waals surface area contributed by atoms with Gasteiger partial charge < -0.3 is 9.05 Å². The monoisotopic (exact) mass is 323 g/mol. The second-order valence-electron chi connectivity index (χ2n) is 3.74. The molecule has 110 valence electrons. The lowest BCUT2D eigenvalue weighted by atomic mass is 10.1. The number of hydrogen-bond acceptors (Lipinski definition) is 6. The molecule has 0 amide bonds. The first kappa shape index (κ1) is 15.3. The van der Waals surface area contributed by atoms with Gasteiger partial charge in [0.15, 0.2) is 0 Å². The number of halogens is 1. The zero-order valence-electron chi connectivity index (χ0n) is 10.5. The number of hydrogen-bond donors (Lipinski definition) is 0. The van der Waals surface area contributed by atoms with Crippen molar-refractivity contribution in [2.45, 2.75) is 5.85 Å². The van der Waals surface area contributed by atoms with Crippen LogP contribution in [-0.2, 0) is 28.1 Å². The van der Waals surface area contributed by atoms with Gasteiger partial charge in [0.05, 0.1) is 0 Å². The number of rotatable bonds is 4. The van der Waals surface area contributed by atoms with Crippen LogP contribution >= 0.6 is 7.60 Å². The normalized spacial score (nSPS) is 21.8. The summed E-state index contributed by atoms with van der Waals surface area (Å²) >= 11 is 0. The predicted octanol–water partition coefficient (Wildman–Crippen LogP) is 1.70. The van der Waals surface area contributed by atoms with Crippen molar-refractivity contribution in [2.75, 3.05) is 14.2 Å². The van der Waals surface area contributed by atoms with Crippen molar-refractivity contribution in [3.8, 4) is 0 Å². The molecule has 0 saturated heterocycles. The Morgan fingerprint density at radius 1 is 1.30 bits per heavy atom. The summed E-state index contributed by atoms with van der Waals surface area (Å²) in [6.45, 7) is 0. The molecule has 0 aliphatic carbocycles. The quantitative estimate of drug-likeness (QED) is 0.783. The van der Waals surface area contributed by atoms with E-state index < -0.39 is 29.6 Å². The minimum absolute atomic E-state index is 0.145. The van der Waals surface area contributed by atoms with Gasteiger partial charge in [-0.3, -0.25) is 4.57 Å². The third-order valence-corrected chi connectivity index (χ3v) is 5.54. The first-order valence-electron chi connectivity index (χ1n) is 5.32. The van der Waals surface area contributed by atoms with Gasteiger partial charge in [0.1, 0.15) is 11.5 Å². The molecule has 1 heterocycles. The smallest absolute Gasteiger partial charge is 0.310 e. The van der Waals surface area contributed by atoms with Gasteiger partial charge in [-0.15, -0.1) is 4.40 Å². The van der Waals surface area contributed by atoms with Crippen molar-refractivity contribution in [1.29, 1.82) is 0 Å². The van der Waals surface area contributed by atoms with Gasteiger partial charge in [-0.05, 0) is 6.07 Å². The third kappa shape index (κ3) is 2.68. The molecule has 1 aliphatic heterocycles. The van der Waals surface area contributed by atoms with E-state index in [0.717, 1.165) is 20.3 Å². The molecule has 7 nitrogen and oxygen atoms in total. The lowest BCUT2D eigenvalue weighted by Gasteiger charge is -2.19. The Bertz CT molecular complexity index is 695. The zero-order chi connectivity index (χ0) is 15.0. The lowest BCUT2D eigenvalue weighted by molar-refractivity contribution is 0.227. The molecule has 1 atom stereocenters. The van der Waals surface area contributed by atoms with Gasteiger partial charge in [-0.2, -0.15) is 8.42 Å². The molecule has 10 heteroatoms. The van der Waals surface area contributed by atoms with Gasteiger partial charge in [0.25, 0.3) is 0 Å². The van der Waals surface area contributed by atoms with Gasteiger partial charge in [-0.1, -0.05) is 18.2 Å². The molecule has 0 aromatic heterocycles. The van der Waals surface area contributed by atoms with Crippen LogP contribution in [-0.4, -0.2) is 34.2 Å². The van der Waals surface area contributed by atoms with Crippen molar-refractivity contribution in [2.24, 2.45) is 4.40 Å². The van der Waals surface area contributed by atoms with E-state index in [1.165, 1.54) is 18.2 Å². The molecule has 0 spiro atoms. The van der Waals surface area contributed by atoms with E-state index in [2.05, 4.69) is 8.58 Å². The van der Waals surface area contributed by atoms with Crippen LogP contribution in [0, 0.1) is 5.82 Å². The Hall–Kier alpha value is -1.12. The van der Waals surface area contributed by atoms with Crippen LogP contribution in [0.3, 0.4) is 0 Å². The summed E-state index contributed by atoms with van der Waals surface area (Å²) in [5.74, 6) is -2.37. The van der Waals surface area contributed by atoms with Crippen LogP contribution < -0.4 is 0 Å². The minimum Gasteiger partial charge on any atom is -0.310 e. The molecule has 1 aromatic carbocycles. The summed E-state index contributed by atoms with van der Waals surface area (Å²) in [5, 5.41) is 0. The highest BCUT2D eigenvalue weighted by Gasteiger charge is 2.48. The fourth-order valence-corrected chi connectivity index (χ4v) is 4.32. The maximum Gasteiger partial charge on any atom is 0.382 e. The number of benzene rings is 1. The van der Waals surface area contributed by atoms with Crippen LogP contribution in [0.2, 0.25) is 0 Å². The Morgan fingerprint density at radius 3 is 2.45 bits per heavy atom. The Balaban J connectivity index is 2.59. The molecule has 1 unspecified atom stereocenters. The SMILES string of the molecule is COP(=O)(OC)C1OS(=O)(=O)N=C1c1ccccc1F. The summed E-state index contributed by atoms with van der Waals surface area (Å²) < 4.78 is 66.2. The summed E-state index contributed by atoms with van der Waals surface area (Å²) in [6.07, 6.45) is 0. The average molecular weight is 323 g/mol. The Morgan fingerprint density at radius 2 is 1.90 bits per heavy atom. The molecule has 20 heavy (non-hydrogen) atoms. The molecule has 0 radical (unpaired) electrons. The fraction of sp³-hybridized carbons (Fsp3) is 0.300. The summed E-state index contributed by atoms with van der Waals surface area (Å²) in [4.78, 5) is 0. The van der Waals surface area contributed by atoms with Crippen LogP contribution in [0.5, 0.6) is 0 Å². The molecular weight excluding hydrogens is 312 g/mol. The summed E-state index contributed by atoms with van der Waals surface area (Å²) in [6, 6.07) is 5.31. The van der Waals surface area contributed by atoms with E-state index in [9.17, 15) is 17.4 Å². The molecule has 0 bridgehead atoms. The Kier molecular flexibility index (Phi) is 4.08. The first-order chi connectivity index (χ1) is 9.33. The minimum atomic E-state index is -4.32. The topological polar surface area (TPSA) is 91.3 Å². The molecule has 1 aromatic rings. The highest BCUT2D eigenvalue weighted by molar-refractivity contribution is 7.86. The lowest BCUT2D eigenvalue weighted by Crippen LogP contribution is -2.23. The van der Waals surface area contributed by atoms with Crippen molar-refractivity contribution in [3.63, 3.8) is 0 Å². The number of nitrogens with zero attached hydrogens (tertiary/aromatic N) is 1. The van der Waals surface area contributed by atoms with Gasteiger partial charge in [0, 0.05) is 19.8 Å². The second-order valence-corrected chi connectivity index (χ2v) is 7.25. The van der Waals surface area contributed by atoms with E-state index in [-0.39, 0.29) is 11.3 Å². The molecule has 0 fully saturated rings. The van der Waals surface area contributed by atoms with Crippen molar-refractivity contribution in [3.05, 3.63) is 35.6 Å². The van der Waals surface area contributed by atoms with E-state index >= 15 is 0 Å². The van der Waals surface area contributed by atoms with E-state index in [0.29, 0.717) is 0 Å². The summed E-state index contributed by atoms with van der Waals surface area (Å²) in [7, 11) is -6.14. The van der Waals surface area contributed by atoms with E-state index in [1.54, 1.807) is 0 Å². The van der Waals surface area contributed by atoms with Crippen LogP contribution in [0.25, 0.3) is 0 Å². The van der Waals surface area contributed by atoms with E-state index in [1.807, 2.05) is 0 Å². The van der Waals surface area contributed by atoms with Gasteiger partial charge >= 0.3 is 17.9 Å². The van der Waals surface area contributed by atoms with Gasteiger partial charge in [0.2, 0.25) is 5.85 Å². The molecule has 1 aliphatic rings. The predicted molar refractivity (Wildman–Crippen MR) is 68.4 cm³/mol. The van der Waals surface area contributed by atoms with Crippen LogP contribution in [0.1, 0.15) is 5.56 Å². The molecular formula is C10H11FNO6PS. The van der Waals surface area contributed by atoms with Crippen molar-refractivity contribution >= 4 is 23.6 Å².